The Morgan fingerprint density at radius 3 is 2.64 bits per heavy atom. The van der Waals surface area contributed by atoms with E-state index in [-0.39, 0.29) is 6.10 Å². The van der Waals surface area contributed by atoms with Gasteiger partial charge in [0, 0.05) is 37.5 Å². The van der Waals surface area contributed by atoms with E-state index < -0.39 is 0 Å². The van der Waals surface area contributed by atoms with Gasteiger partial charge >= 0.3 is 0 Å². The summed E-state index contributed by atoms with van der Waals surface area (Å²) in [5.74, 6) is 1.71. The molecule has 1 aliphatic rings. The Kier molecular flexibility index (Phi) is 5.16. The first-order chi connectivity index (χ1) is 12.1. The molecule has 2 heterocycles. The van der Waals surface area contributed by atoms with Crippen molar-refractivity contribution in [1.82, 2.24) is 9.97 Å². The van der Waals surface area contributed by atoms with Gasteiger partial charge in [-0.2, -0.15) is 0 Å². The molecule has 2 N–H and O–H groups in total. The summed E-state index contributed by atoms with van der Waals surface area (Å²) < 4.78 is 5.79. The highest BCUT2D eigenvalue weighted by Gasteiger charge is 2.17. The number of nitrogens with two attached hydrogens (primary N) is 1. The van der Waals surface area contributed by atoms with Gasteiger partial charge in [-0.15, -0.1) is 0 Å². The molecule has 6 heteroatoms. The third-order valence-corrected chi connectivity index (χ3v) is 4.20. The number of hydrogen-bond acceptors (Lipinski definition) is 6. The van der Waals surface area contributed by atoms with Crippen LogP contribution in [-0.4, -0.2) is 41.9 Å². The fourth-order valence-corrected chi connectivity index (χ4v) is 3.05. The van der Waals surface area contributed by atoms with Gasteiger partial charge in [0.2, 0.25) is 0 Å². The maximum absolute atomic E-state index is 6.20. The Morgan fingerprint density at radius 1 is 1.20 bits per heavy atom. The van der Waals surface area contributed by atoms with Crippen molar-refractivity contribution in [3.8, 4) is 5.75 Å². The number of aromatic nitrogens is 2. The van der Waals surface area contributed by atoms with Gasteiger partial charge in [0.1, 0.15) is 17.9 Å². The number of rotatable bonds is 5. The Balaban J connectivity index is 1.96. The van der Waals surface area contributed by atoms with E-state index in [1.54, 1.807) is 13.4 Å². The summed E-state index contributed by atoms with van der Waals surface area (Å²) in [5, 5.41) is 0. The summed E-state index contributed by atoms with van der Waals surface area (Å²) in [4.78, 5) is 15.6. The van der Waals surface area contributed by atoms with Gasteiger partial charge in [-0.1, -0.05) is 0 Å². The van der Waals surface area contributed by atoms with Crippen LogP contribution in [0.25, 0.3) is 0 Å². The van der Waals surface area contributed by atoms with E-state index in [2.05, 4.69) is 19.9 Å². The van der Waals surface area contributed by atoms with Gasteiger partial charge in [-0.05, 0) is 44.9 Å². The lowest BCUT2D eigenvalue weighted by atomic mass is 10.0. The lowest BCUT2D eigenvalue weighted by Crippen LogP contribution is -2.20. The van der Waals surface area contributed by atoms with Crippen LogP contribution in [0.1, 0.15) is 37.9 Å². The number of aliphatic imine (C=N–C) groups is 1. The van der Waals surface area contributed by atoms with Crippen molar-refractivity contribution in [2.45, 2.75) is 32.8 Å². The molecule has 0 bridgehead atoms. The zero-order chi connectivity index (χ0) is 17.8. The van der Waals surface area contributed by atoms with Crippen molar-refractivity contribution < 1.29 is 4.74 Å². The predicted octanol–water partition coefficient (Wildman–Crippen LogP) is 2.91. The minimum atomic E-state index is 0.0966. The molecule has 25 heavy (non-hydrogen) atoms. The normalized spacial score (nSPS) is 15.0. The second-order valence-electron chi connectivity index (χ2n) is 6.44. The van der Waals surface area contributed by atoms with E-state index in [1.807, 2.05) is 38.1 Å². The fourth-order valence-electron chi connectivity index (χ4n) is 3.05. The highest BCUT2D eigenvalue weighted by molar-refractivity contribution is 6.15. The number of nitrogen functional groups attached to an aromatic ring is 1. The van der Waals surface area contributed by atoms with Gasteiger partial charge in [-0.25, -0.2) is 9.97 Å². The van der Waals surface area contributed by atoms with Crippen LogP contribution < -0.4 is 15.4 Å². The number of anilines is 2. The molecule has 0 atom stereocenters. The van der Waals surface area contributed by atoms with Crippen molar-refractivity contribution >= 4 is 17.2 Å². The molecular weight excluding hydrogens is 314 g/mol. The summed E-state index contributed by atoms with van der Waals surface area (Å²) in [6.07, 6.45) is 4.10. The molecule has 1 fully saturated rings. The molecule has 2 aromatic rings. The van der Waals surface area contributed by atoms with E-state index >= 15 is 0 Å². The van der Waals surface area contributed by atoms with Crippen LogP contribution in [0.15, 0.2) is 35.6 Å². The molecular formula is C19H25N5O. The van der Waals surface area contributed by atoms with E-state index in [4.69, 9.17) is 10.5 Å². The third kappa shape index (κ3) is 3.90. The maximum atomic E-state index is 6.20. The molecule has 0 aliphatic carbocycles. The SMILES string of the molecule is CN=C(c1cc(N2CCCC2)ncn1)c1cc(OC(C)C)ccc1N. The minimum absolute atomic E-state index is 0.0966. The summed E-state index contributed by atoms with van der Waals surface area (Å²) in [5.41, 5.74) is 9.20. The second-order valence-corrected chi connectivity index (χ2v) is 6.44. The lowest BCUT2D eigenvalue weighted by Gasteiger charge is -2.17. The van der Waals surface area contributed by atoms with Gasteiger partial charge in [0.25, 0.3) is 0 Å². The van der Waals surface area contributed by atoms with E-state index in [0.29, 0.717) is 5.69 Å². The van der Waals surface area contributed by atoms with Gasteiger partial charge in [0.05, 0.1) is 17.5 Å². The zero-order valence-corrected chi connectivity index (χ0v) is 15.1. The second kappa shape index (κ2) is 7.51. The molecule has 6 nitrogen and oxygen atoms in total. The molecule has 0 spiro atoms. The largest absolute Gasteiger partial charge is 0.491 e. The van der Waals surface area contributed by atoms with Gasteiger partial charge in [0.15, 0.2) is 0 Å². The molecule has 1 aromatic carbocycles. The quantitative estimate of drug-likeness (QED) is 0.669. The van der Waals surface area contributed by atoms with Crippen LogP contribution in [0, 0.1) is 0 Å². The molecule has 0 unspecified atom stereocenters. The molecule has 0 saturated carbocycles. The summed E-state index contributed by atoms with van der Waals surface area (Å²) in [6, 6.07) is 7.64. The number of ether oxygens (including phenoxy) is 1. The molecule has 1 aromatic heterocycles. The number of benzene rings is 1. The van der Waals surface area contributed by atoms with Crippen LogP contribution in [0.3, 0.4) is 0 Å². The summed E-state index contributed by atoms with van der Waals surface area (Å²) in [7, 11) is 1.75. The minimum Gasteiger partial charge on any atom is -0.491 e. The Labute approximate surface area is 148 Å². The van der Waals surface area contributed by atoms with Crippen molar-refractivity contribution in [3.63, 3.8) is 0 Å². The van der Waals surface area contributed by atoms with Crippen molar-refractivity contribution in [3.05, 3.63) is 41.9 Å². The summed E-state index contributed by atoms with van der Waals surface area (Å²) >= 11 is 0. The first-order valence-corrected chi connectivity index (χ1v) is 8.69. The van der Waals surface area contributed by atoms with Crippen molar-refractivity contribution in [1.29, 1.82) is 0 Å². The maximum Gasteiger partial charge on any atom is 0.132 e. The molecule has 3 rings (SSSR count). The monoisotopic (exact) mass is 339 g/mol. The molecule has 132 valence electrons. The van der Waals surface area contributed by atoms with Crippen LogP contribution in [0.4, 0.5) is 11.5 Å². The molecule has 0 amide bonds. The van der Waals surface area contributed by atoms with Crippen molar-refractivity contribution in [2.24, 2.45) is 4.99 Å². The molecule has 1 aliphatic heterocycles. The average molecular weight is 339 g/mol. The van der Waals surface area contributed by atoms with Gasteiger partial charge < -0.3 is 15.4 Å². The number of hydrogen-bond donors (Lipinski definition) is 1. The summed E-state index contributed by atoms with van der Waals surface area (Å²) in [6.45, 7) is 6.07. The van der Waals surface area contributed by atoms with Crippen LogP contribution >= 0.6 is 0 Å². The highest BCUT2D eigenvalue weighted by Crippen LogP contribution is 2.25. The Hall–Kier alpha value is -2.63. The molecule has 0 radical (unpaired) electrons. The lowest BCUT2D eigenvalue weighted by molar-refractivity contribution is 0.242. The Morgan fingerprint density at radius 2 is 1.96 bits per heavy atom. The van der Waals surface area contributed by atoms with Crippen LogP contribution in [0.2, 0.25) is 0 Å². The van der Waals surface area contributed by atoms with Crippen LogP contribution in [-0.2, 0) is 0 Å². The molecule has 1 saturated heterocycles. The standard InChI is InChI=1S/C19H25N5O/c1-13(2)25-14-6-7-16(20)15(10-14)19(21-3)17-11-18(23-12-22-17)24-8-4-5-9-24/h6-7,10-13H,4-5,8-9,20H2,1-3H3. The zero-order valence-electron chi connectivity index (χ0n) is 15.1. The van der Waals surface area contributed by atoms with E-state index in [9.17, 15) is 0 Å². The van der Waals surface area contributed by atoms with E-state index in [0.717, 1.165) is 41.6 Å². The van der Waals surface area contributed by atoms with E-state index in [1.165, 1.54) is 12.8 Å². The fraction of sp³-hybridized carbons (Fsp3) is 0.421. The first kappa shape index (κ1) is 17.2. The average Bonchev–Trinajstić information content (AvgIpc) is 3.13. The topological polar surface area (TPSA) is 76.6 Å². The highest BCUT2D eigenvalue weighted by atomic mass is 16.5. The predicted molar refractivity (Wildman–Crippen MR) is 102 cm³/mol. The first-order valence-electron chi connectivity index (χ1n) is 8.69. The van der Waals surface area contributed by atoms with Crippen molar-refractivity contribution in [2.75, 3.05) is 30.8 Å². The smallest absolute Gasteiger partial charge is 0.132 e. The number of nitrogens with zero attached hydrogens (tertiary/aromatic N) is 4. The Bertz CT molecular complexity index is 766. The van der Waals surface area contributed by atoms with Gasteiger partial charge in [-0.3, -0.25) is 4.99 Å². The third-order valence-electron chi connectivity index (χ3n) is 4.20. The van der Waals surface area contributed by atoms with Crippen LogP contribution in [0.5, 0.6) is 5.75 Å².